The molecule has 5 heteroatoms. The Morgan fingerprint density at radius 1 is 1.00 bits per heavy atom. The maximum Gasteiger partial charge on any atom is 0.312 e. The molecule has 162 valence electrons. The van der Waals surface area contributed by atoms with Gasteiger partial charge in [0, 0.05) is 17.7 Å². The topological polar surface area (TPSA) is 62.6 Å². The molecule has 3 aromatic rings. The molecule has 3 aromatic carbocycles. The summed E-state index contributed by atoms with van der Waals surface area (Å²) in [6.07, 6.45) is 0.390. The van der Waals surface area contributed by atoms with Crippen LogP contribution in [-0.4, -0.2) is 18.5 Å². The summed E-state index contributed by atoms with van der Waals surface area (Å²) in [6, 6.07) is 27.8. The van der Waals surface area contributed by atoms with Gasteiger partial charge in [-0.25, -0.2) is 0 Å². The first-order valence-corrected chi connectivity index (χ1v) is 11.0. The van der Waals surface area contributed by atoms with Crippen molar-refractivity contribution in [3.63, 3.8) is 0 Å². The maximum absolute atomic E-state index is 13.4. The maximum atomic E-state index is 13.4. The number of rotatable bonds is 5. The van der Waals surface area contributed by atoms with E-state index in [9.17, 15) is 4.79 Å². The Kier molecular flexibility index (Phi) is 4.77. The van der Waals surface area contributed by atoms with Crippen LogP contribution < -0.4 is 4.90 Å². The fourth-order valence-electron chi connectivity index (χ4n) is 5.31. The summed E-state index contributed by atoms with van der Waals surface area (Å²) in [4.78, 5) is 15.5. The van der Waals surface area contributed by atoms with Gasteiger partial charge in [-0.1, -0.05) is 78.4 Å². The van der Waals surface area contributed by atoms with Crippen molar-refractivity contribution in [3.8, 4) is 0 Å². The number of ether oxygens (including phenoxy) is 2. The molecule has 3 atom stereocenters. The van der Waals surface area contributed by atoms with Gasteiger partial charge in [0.1, 0.15) is 0 Å². The second kappa shape index (κ2) is 7.52. The van der Waals surface area contributed by atoms with Crippen LogP contribution in [-0.2, 0) is 25.5 Å². The summed E-state index contributed by atoms with van der Waals surface area (Å²) in [7, 11) is 0. The summed E-state index contributed by atoms with van der Waals surface area (Å²) < 4.78 is 12.0. The molecule has 2 aliphatic rings. The van der Waals surface area contributed by atoms with Crippen molar-refractivity contribution in [2.45, 2.75) is 31.5 Å². The SMILES string of the molecule is CCOC(=O)[C@H]1C[C@]2(c3ccccc3)OC(=N)[C@@]1(c1ccccc1)N2c1ccc(C)cc1. The Morgan fingerprint density at radius 3 is 2.19 bits per heavy atom. The molecule has 2 fully saturated rings. The molecule has 0 spiro atoms. The quantitative estimate of drug-likeness (QED) is 0.574. The van der Waals surface area contributed by atoms with E-state index in [0.717, 1.165) is 22.4 Å². The van der Waals surface area contributed by atoms with Gasteiger partial charge in [0.25, 0.3) is 0 Å². The molecule has 0 aromatic heterocycles. The minimum Gasteiger partial charge on any atom is -0.466 e. The normalized spacial score (nSPS) is 26.1. The Morgan fingerprint density at radius 2 is 1.59 bits per heavy atom. The standard InChI is InChI=1S/C27H26N2O3/c1-3-31-24(30)23-18-26(20-10-6-4-7-11-20)29(22-16-14-19(2)15-17-22)27(23,25(28)32-26)21-12-8-5-9-13-21/h4-17,23,28H,3,18H2,1-2H3/t23-,26-,27+/m1/s1. The number of nitrogens with one attached hydrogen (secondary N) is 1. The van der Waals surface area contributed by atoms with Crippen LogP contribution >= 0.6 is 0 Å². The van der Waals surface area contributed by atoms with Crippen LogP contribution in [0.3, 0.4) is 0 Å². The van der Waals surface area contributed by atoms with Crippen molar-refractivity contribution in [1.29, 1.82) is 5.41 Å². The molecule has 5 nitrogen and oxygen atoms in total. The molecule has 2 bridgehead atoms. The third kappa shape index (κ3) is 2.70. The highest BCUT2D eigenvalue weighted by Crippen LogP contribution is 2.63. The van der Waals surface area contributed by atoms with E-state index in [2.05, 4.69) is 4.90 Å². The zero-order valence-corrected chi connectivity index (χ0v) is 18.2. The van der Waals surface area contributed by atoms with Crippen LogP contribution in [0.15, 0.2) is 84.9 Å². The van der Waals surface area contributed by atoms with Gasteiger partial charge in [0.15, 0.2) is 5.54 Å². The van der Waals surface area contributed by atoms with Crippen LogP contribution in [0, 0.1) is 18.3 Å². The zero-order valence-electron chi connectivity index (χ0n) is 18.2. The molecule has 0 saturated carbocycles. The van der Waals surface area contributed by atoms with Gasteiger partial charge in [-0.05, 0) is 31.5 Å². The number of benzene rings is 3. The minimum atomic E-state index is -1.10. The number of fused-ring (bicyclic) bond motifs is 2. The first-order valence-electron chi connectivity index (χ1n) is 11.0. The first-order chi connectivity index (χ1) is 15.5. The molecule has 2 aliphatic heterocycles. The highest BCUT2D eigenvalue weighted by molar-refractivity contribution is 6.00. The van der Waals surface area contributed by atoms with Crippen molar-refractivity contribution in [3.05, 3.63) is 102 Å². The summed E-state index contributed by atoms with van der Waals surface area (Å²) in [6.45, 7) is 4.15. The molecular weight excluding hydrogens is 400 g/mol. The average Bonchev–Trinajstić information content (AvgIpc) is 3.28. The minimum absolute atomic E-state index is 0.0671. The fraction of sp³-hybridized carbons (Fsp3) is 0.259. The monoisotopic (exact) mass is 426 g/mol. The molecule has 0 amide bonds. The van der Waals surface area contributed by atoms with Crippen LogP contribution in [0.1, 0.15) is 30.0 Å². The third-order valence-corrected chi connectivity index (χ3v) is 6.62. The number of anilines is 1. The van der Waals surface area contributed by atoms with Gasteiger partial charge in [0.2, 0.25) is 11.6 Å². The molecule has 2 heterocycles. The van der Waals surface area contributed by atoms with Crippen molar-refractivity contribution in [2.24, 2.45) is 5.92 Å². The van der Waals surface area contributed by atoms with Gasteiger partial charge in [-0.2, -0.15) is 0 Å². The number of nitrogens with zero attached hydrogens (tertiary/aromatic N) is 1. The van der Waals surface area contributed by atoms with Crippen molar-refractivity contribution >= 4 is 17.6 Å². The van der Waals surface area contributed by atoms with Gasteiger partial charge < -0.3 is 14.4 Å². The highest BCUT2D eigenvalue weighted by Gasteiger charge is 2.74. The number of hydrogen-bond acceptors (Lipinski definition) is 5. The number of aryl methyl sites for hydroxylation is 1. The van der Waals surface area contributed by atoms with E-state index in [0.29, 0.717) is 6.42 Å². The van der Waals surface area contributed by atoms with E-state index in [1.54, 1.807) is 0 Å². The van der Waals surface area contributed by atoms with Crippen molar-refractivity contribution in [1.82, 2.24) is 0 Å². The van der Waals surface area contributed by atoms with E-state index < -0.39 is 17.2 Å². The molecule has 0 radical (unpaired) electrons. The number of hydrogen-bond donors (Lipinski definition) is 1. The van der Waals surface area contributed by atoms with Crippen LogP contribution in [0.2, 0.25) is 0 Å². The molecular formula is C27H26N2O3. The molecule has 32 heavy (non-hydrogen) atoms. The van der Waals surface area contributed by atoms with Gasteiger partial charge in [-0.3, -0.25) is 10.2 Å². The van der Waals surface area contributed by atoms with E-state index in [4.69, 9.17) is 14.9 Å². The van der Waals surface area contributed by atoms with Crippen molar-refractivity contribution < 1.29 is 14.3 Å². The first kappa shape index (κ1) is 20.3. The molecule has 0 unspecified atom stereocenters. The lowest BCUT2D eigenvalue weighted by atomic mass is 9.76. The van der Waals surface area contributed by atoms with Crippen molar-refractivity contribution in [2.75, 3.05) is 11.5 Å². The Labute approximate surface area is 188 Å². The molecule has 2 saturated heterocycles. The lowest BCUT2D eigenvalue weighted by molar-refractivity contribution is -0.150. The smallest absolute Gasteiger partial charge is 0.312 e. The summed E-state index contributed by atoms with van der Waals surface area (Å²) >= 11 is 0. The van der Waals surface area contributed by atoms with E-state index in [1.807, 2.05) is 98.8 Å². The van der Waals surface area contributed by atoms with Gasteiger partial charge >= 0.3 is 5.97 Å². The number of esters is 1. The largest absolute Gasteiger partial charge is 0.466 e. The predicted molar refractivity (Wildman–Crippen MR) is 123 cm³/mol. The van der Waals surface area contributed by atoms with Crippen LogP contribution in [0.25, 0.3) is 0 Å². The second-order valence-electron chi connectivity index (χ2n) is 8.39. The van der Waals surface area contributed by atoms with Gasteiger partial charge in [-0.15, -0.1) is 0 Å². The highest BCUT2D eigenvalue weighted by atomic mass is 16.6. The summed E-state index contributed by atoms with van der Waals surface area (Å²) in [5.41, 5.74) is 1.71. The molecule has 5 rings (SSSR count). The second-order valence-corrected chi connectivity index (χ2v) is 8.39. The summed E-state index contributed by atoms with van der Waals surface area (Å²) in [5, 5.41) is 9.10. The van der Waals surface area contributed by atoms with E-state index in [-0.39, 0.29) is 18.5 Å². The lowest BCUT2D eigenvalue weighted by Crippen LogP contribution is -2.51. The Hall–Kier alpha value is -3.60. The zero-order chi connectivity index (χ0) is 22.3. The Balaban J connectivity index is 1.82. The van der Waals surface area contributed by atoms with E-state index >= 15 is 0 Å². The average molecular weight is 427 g/mol. The molecule has 0 aliphatic carbocycles. The number of carbonyl (C=O) groups is 1. The van der Waals surface area contributed by atoms with Crippen LogP contribution in [0.5, 0.6) is 0 Å². The van der Waals surface area contributed by atoms with E-state index in [1.165, 1.54) is 0 Å². The molecule has 1 N–H and O–H groups in total. The number of carbonyl (C=O) groups excluding carboxylic acids is 1. The van der Waals surface area contributed by atoms with Gasteiger partial charge in [0.05, 0.1) is 12.5 Å². The third-order valence-electron chi connectivity index (χ3n) is 6.62. The lowest BCUT2D eigenvalue weighted by Gasteiger charge is -2.38. The summed E-state index contributed by atoms with van der Waals surface area (Å²) in [5.74, 6) is -0.829. The fourth-order valence-corrected chi connectivity index (χ4v) is 5.31. The Bertz CT molecular complexity index is 1150. The predicted octanol–water partition coefficient (Wildman–Crippen LogP) is 5.14. The van der Waals surface area contributed by atoms with Crippen LogP contribution in [0.4, 0.5) is 5.69 Å².